The van der Waals surface area contributed by atoms with Gasteiger partial charge in [-0.05, 0) is 51.0 Å². The number of benzene rings is 1. The van der Waals surface area contributed by atoms with Gasteiger partial charge in [-0.3, -0.25) is 0 Å². The number of hydrogen-bond acceptors (Lipinski definition) is 3. The second-order valence-corrected chi connectivity index (χ2v) is 5.25. The van der Waals surface area contributed by atoms with Crippen LogP contribution >= 0.6 is 0 Å². The highest BCUT2D eigenvalue weighted by Gasteiger charge is 2.20. The third-order valence-corrected chi connectivity index (χ3v) is 3.66. The quantitative estimate of drug-likeness (QED) is 0.878. The molecule has 0 spiro atoms. The van der Waals surface area contributed by atoms with Crippen molar-refractivity contribution >= 4 is 0 Å². The van der Waals surface area contributed by atoms with Crippen molar-refractivity contribution in [2.24, 2.45) is 0 Å². The first-order valence-electron chi connectivity index (χ1n) is 7.28. The molecule has 1 heterocycles. The molecule has 1 aromatic heterocycles. The zero-order valence-corrected chi connectivity index (χ0v) is 12.1. The molecule has 4 heteroatoms. The van der Waals surface area contributed by atoms with Crippen LogP contribution in [0.1, 0.15) is 31.0 Å². The van der Waals surface area contributed by atoms with E-state index in [4.69, 9.17) is 4.74 Å². The molecule has 0 bridgehead atoms. The maximum Gasteiger partial charge on any atom is 0.119 e. The topological polar surface area (TPSA) is 39.1 Å². The fourth-order valence-electron chi connectivity index (χ4n) is 2.27. The molecular formula is C16H21N3O. The van der Waals surface area contributed by atoms with Crippen LogP contribution in [0.2, 0.25) is 0 Å². The summed E-state index contributed by atoms with van der Waals surface area (Å²) < 4.78 is 7.45. The van der Waals surface area contributed by atoms with Crippen molar-refractivity contribution in [3.8, 4) is 11.4 Å². The summed E-state index contributed by atoms with van der Waals surface area (Å²) in [5.41, 5.74) is 3.54. The van der Waals surface area contributed by atoms with Gasteiger partial charge in [0, 0.05) is 23.8 Å². The second-order valence-electron chi connectivity index (χ2n) is 5.25. The van der Waals surface area contributed by atoms with E-state index in [1.807, 2.05) is 42.1 Å². The van der Waals surface area contributed by atoms with E-state index in [9.17, 15) is 0 Å². The third kappa shape index (κ3) is 2.85. The number of rotatable bonds is 6. The Balaban J connectivity index is 1.75. The summed E-state index contributed by atoms with van der Waals surface area (Å²) in [5.74, 6) is 0.900. The van der Waals surface area contributed by atoms with Gasteiger partial charge in [-0.15, -0.1) is 0 Å². The number of nitrogens with zero attached hydrogens (tertiary/aromatic N) is 2. The van der Waals surface area contributed by atoms with Crippen molar-refractivity contribution in [2.45, 2.75) is 39.3 Å². The highest BCUT2D eigenvalue weighted by Crippen LogP contribution is 2.21. The Labute approximate surface area is 119 Å². The first kappa shape index (κ1) is 13.2. The van der Waals surface area contributed by atoms with Crippen LogP contribution in [-0.4, -0.2) is 22.4 Å². The highest BCUT2D eigenvalue weighted by atomic mass is 16.5. The molecule has 1 N–H and O–H groups in total. The standard InChI is InChI=1S/C16H21N3O/c1-3-20-16-8-6-15(7-9-16)19-12(2)13(11-18-19)10-17-14-4-5-14/h6-9,11,14,17H,3-5,10H2,1-2H3. The van der Waals surface area contributed by atoms with E-state index in [0.29, 0.717) is 6.61 Å². The van der Waals surface area contributed by atoms with Gasteiger partial charge in [0.2, 0.25) is 0 Å². The number of ether oxygens (including phenoxy) is 1. The third-order valence-electron chi connectivity index (χ3n) is 3.66. The zero-order valence-electron chi connectivity index (χ0n) is 12.1. The summed E-state index contributed by atoms with van der Waals surface area (Å²) in [7, 11) is 0. The number of aromatic nitrogens is 2. The molecule has 0 saturated heterocycles. The average molecular weight is 271 g/mol. The second kappa shape index (κ2) is 5.67. The average Bonchev–Trinajstić information content (AvgIpc) is 3.22. The van der Waals surface area contributed by atoms with Gasteiger partial charge in [0.15, 0.2) is 0 Å². The van der Waals surface area contributed by atoms with Crippen molar-refractivity contribution < 1.29 is 4.74 Å². The van der Waals surface area contributed by atoms with Gasteiger partial charge >= 0.3 is 0 Å². The van der Waals surface area contributed by atoms with Crippen LogP contribution in [0.15, 0.2) is 30.5 Å². The summed E-state index contributed by atoms with van der Waals surface area (Å²) >= 11 is 0. The lowest BCUT2D eigenvalue weighted by Crippen LogP contribution is -2.15. The monoisotopic (exact) mass is 271 g/mol. The molecule has 3 rings (SSSR count). The van der Waals surface area contributed by atoms with Crippen LogP contribution in [0.4, 0.5) is 0 Å². The SMILES string of the molecule is CCOc1ccc(-n2ncc(CNC3CC3)c2C)cc1. The number of hydrogen-bond donors (Lipinski definition) is 1. The fourth-order valence-corrected chi connectivity index (χ4v) is 2.27. The molecule has 2 aromatic rings. The van der Waals surface area contributed by atoms with Gasteiger partial charge in [0.05, 0.1) is 18.5 Å². The first-order valence-corrected chi connectivity index (χ1v) is 7.28. The lowest BCUT2D eigenvalue weighted by Gasteiger charge is -2.08. The summed E-state index contributed by atoms with van der Waals surface area (Å²) in [6.45, 7) is 5.71. The summed E-state index contributed by atoms with van der Waals surface area (Å²) in [4.78, 5) is 0. The molecule has 1 aromatic carbocycles. The van der Waals surface area contributed by atoms with Crippen molar-refractivity contribution in [3.05, 3.63) is 41.7 Å². The van der Waals surface area contributed by atoms with E-state index in [2.05, 4.69) is 17.3 Å². The lowest BCUT2D eigenvalue weighted by molar-refractivity contribution is 0.340. The molecule has 0 aliphatic heterocycles. The Bertz CT molecular complexity index is 570. The molecule has 1 fully saturated rings. The van der Waals surface area contributed by atoms with Gasteiger partial charge in [-0.1, -0.05) is 0 Å². The maximum absolute atomic E-state index is 5.46. The Morgan fingerprint density at radius 3 is 2.70 bits per heavy atom. The normalized spacial score (nSPS) is 14.5. The van der Waals surface area contributed by atoms with Crippen molar-refractivity contribution in [3.63, 3.8) is 0 Å². The number of nitrogens with one attached hydrogen (secondary N) is 1. The van der Waals surface area contributed by atoms with Crippen molar-refractivity contribution in [1.82, 2.24) is 15.1 Å². The molecule has 0 amide bonds. The zero-order chi connectivity index (χ0) is 13.9. The first-order chi connectivity index (χ1) is 9.78. The van der Waals surface area contributed by atoms with Gasteiger partial charge in [0.25, 0.3) is 0 Å². The Morgan fingerprint density at radius 2 is 2.05 bits per heavy atom. The lowest BCUT2D eigenvalue weighted by atomic mass is 10.2. The van der Waals surface area contributed by atoms with Crippen LogP contribution < -0.4 is 10.1 Å². The van der Waals surface area contributed by atoms with E-state index in [0.717, 1.165) is 24.0 Å². The molecule has 1 aliphatic carbocycles. The van der Waals surface area contributed by atoms with Crippen LogP contribution in [0.3, 0.4) is 0 Å². The van der Waals surface area contributed by atoms with Gasteiger partial charge < -0.3 is 10.1 Å². The Kier molecular flexibility index (Phi) is 3.74. The van der Waals surface area contributed by atoms with Crippen LogP contribution in [0, 0.1) is 6.92 Å². The van der Waals surface area contributed by atoms with Gasteiger partial charge in [-0.2, -0.15) is 5.10 Å². The molecule has 4 nitrogen and oxygen atoms in total. The minimum absolute atomic E-state index is 0.692. The molecule has 20 heavy (non-hydrogen) atoms. The summed E-state index contributed by atoms with van der Waals surface area (Å²) in [6, 6.07) is 8.79. The van der Waals surface area contributed by atoms with Crippen molar-refractivity contribution in [1.29, 1.82) is 0 Å². The van der Waals surface area contributed by atoms with E-state index in [-0.39, 0.29) is 0 Å². The van der Waals surface area contributed by atoms with E-state index in [1.54, 1.807) is 0 Å². The molecule has 1 saturated carbocycles. The molecule has 106 valence electrons. The molecule has 0 atom stereocenters. The van der Waals surface area contributed by atoms with E-state index in [1.165, 1.54) is 24.1 Å². The smallest absolute Gasteiger partial charge is 0.119 e. The van der Waals surface area contributed by atoms with E-state index < -0.39 is 0 Å². The van der Waals surface area contributed by atoms with Gasteiger partial charge in [0.1, 0.15) is 5.75 Å². The molecule has 0 radical (unpaired) electrons. The van der Waals surface area contributed by atoms with Crippen LogP contribution in [0.25, 0.3) is 5.69 Å². The highest BCUT2D eigenvalue weighted by molar-refractivity contribution is 5.39. The van der Waals surface area contributed by atoms with Crippen molar-refractivity contribution in [2.75, 3.05) is 6.61 Å². The van der Waals surface area contributed by atoms with Crippen LogP contribution in [-0.2, 0) is 6.54 Å². The van der Waals surface area contributed by atoms with E-state index >= 15 is 0 Å². The largest absolute Gasteiger partial charge is 0.494 e. The summed E-state index contributed by atoms with van der Waals surface area (Å²) in [6.07, 6.45) is 4.58. The summed E-state index contributed by atoms with van der Waals surface area (Å²) in [5, 5.41) is 8.03. The minimum atomic E-state index is 0.692. The molecule has 1 aliphatic rings. The van der Waals surface area contributed by atoms with Gasteiger partial charge in [-0.25, -0.2) is 4.68 Å². The Morgan fingerprint density at radius 1 is 1.30 bits per heavy atom. The Hall–Kier alpha value is -1.81. The molecular weight excluding hydrogens is 250 g/mol. The maximum atomic E-state index is 5.46. The van der Waals surface area contributed by atoms with Crippen LogP contribution in [0.5, 0.6) is 5.75 Å². The molecule has 0 unspecified atom stereocenters. The fraction of sp³-hybridized carbons (Fsp3) is 0.438. The minimum Gasteiger partial charge on any atom is -0.494 e. The predicted molar refractivity (Wildman–Crippen MR) is 79.3 cm³/mol. The predicted octanol–water partition coefficient (Wildman–Crippen LogP) is 2.83.